The van der Waals surface area contributed by atoms with Crippen molar-refractivity contribution in [2.45, 2.75) is 36.4 Å². The maximum absolute atomic E-state index is 12.3. The van der Waals surface area contributed by atoms with E-state index in [1.165, 1.54) is 6.07 Å². The van der Waals surface area contributed by atoms with Gasteiger partial charge in [-0.25, -0.2) is 4.79 Å². The van der Waals surface area contributed by atoms with Gasteiger partial charge >= 0.3 is 12.2 Å². The van der Waals surface area contributed by atoms with Crippen LogP contribution in [-0.4, -0.2) is 35.7 Å². The first-order valence-electron chi connectivity index (χ1n) is 7.36. The Morgan fingerprint density at radius 1 is 1.35 bits per heavy atom. The minimum absolute atomic E-state index is 0.0144. The Balaban J connectivity index is 1.94. The second kappa shape index (κ2) is 7.92. The molecule has 8 heteroatoms. The molecule has 1 saturated carbocycles. The summed E-state index contributed by atoms with van der Waals surface area (Å²) in [5.41, 5.74) is 0.345. The van der Waals surface area contributed by atoms with Gasteiger partial charge in [-0.2, -0.15) is 13.2 Å². The first kappa shape index (κ1) is 17.9. The number of rotatable bonds is 7. The molecule has 2 rings (SSSR count). The van der Waals surface area contributed by atoms with Gasteiger partial charge in [0.1, 0.15) is 0 Å². The van der Waals surface area contributed by atoms with E-state index in [0.29, 0.717) is 34.7 Å². The third-order valence-corrected chi connectivity index (χ3v) is 4.61. The highest BCUT2D eigenvalue weighted by molar-refractivity contribution is 7.99. The van der Waals surface area contributed by atoms with Gasteiger partial charge in [-0.1, -0.05) is 12.1 Å². The number of carbonyl (C=O) groups is 1. The monoisotopic (exact) mass is 348 g/mol. The number of aliphatic hydroxyl groups is 1. The number of carbonyl (C=O) groups excluding carboxylic acids is 1. The summed E-state index contributed by atoms with van der Waals surface area (Å²) in [7, 11) is 0. The van der Waals surface area contributed by atoms with Crippen LogP contribution in [0.2, 0.25) is 0 Å². The van der Waals surface area contributed by atoms with E-state index in [0.717, 1.165) is 12.8 Å². The van der Waals surface area contributed by atoms with Crippen molar-refractivity contribution < 1.29 is 23.1 Å². The summed E-state index contributed by atoms with van der Waals surface area (Å²) in [6, 6.07) is 5.82. The molecule has 23 heavy (non-hydrogen) atoms. The summed E-state index contributed by atoms with van der Waals surface area (Å²) < 4.78 is 37.0. The van der Waals surface area contributed by atoms with Crippen molar-refractivity contribution in [1.29, 1.82) is 0 Å². The number of nitrogens with one attached hydrogen (secondary N) is 2. The van der Waals surface area contributed by atoms with E-state index in [4.69, 9.17) is 5.11 Å². The highest BCUT2D eigenvalue weighted by Crippen LogP contribution is 2.34. The molecular formula is C15H19F3N2O2S. The third kappa shape index (κ3) is 6.31. The number of urea groups is 1. The number of alkyl halides is 3. The third-order valence-electron chi connectivity index (χ3n) is 3.47. The van der Waals surface area contributed by atoms with Crippen LogP contribution in [-0.2, 0) is 0 Å². The van der Waals surface area contributed by atoms with E-state index in [9.17, 15) is 18.0 Å². The smallest absolute Gasteiger partial charge is 0.396 e. The number of thioether (sulfide) groups is 1. The number of anilines is 1. The van der Waals surface area contributed by atoms with Gasteiger partial charge in [0.25, 0.3) is 0 Å². The summed E-state index contributed by atoms with van der Waals surface area (Å²) in [5, 5.41) is 14.4. The van der Waals surface area contributed by atoms with Gasteiger partial charge < -0.3 is 15.7 Å². The molecule has 1 aromatic rings. The maximum Gasteiger partial charge on any atom is 0.398 e. The van der Waals surface area contributed by atoms with Crippen molar-refractivity contribution in [3.8, 4) is 0 Å². The average Bonchev–Trinajstić information content (AvgIpc) is 3.29. The summed E-state index contributed by atoms with van der Waals surface area (Å²) in [6.45, 7) is -0.0144. The van der Waals surface area contributed by atoms with Gasteiger partial charge in [0, 0.05) is 17.5 Å². The lowest BCUT2D eigenvalue weighted by molar-refractivity contribution is -0.105. The zero-order chi connectivity index (χ0) is 16.9. The normalized spacial score (nSPS) is 16.0. The molecule has 3 N–H and O–H groups in total. The Morgan fingerprint density at radius 3 is 2.65 bits per heavy atom. The van der Waals surface area contributed by atoms with Gasteiger partial charge in [-0.3, -0.25) is 0 Å². The highest BCUT2D eigenvalue weighted by Gasteiger charge is 2.32. The Kier molecular flexibility index (Phi) is 6.17. The van der Waals surface area contributed by atoms with Crippen LogP contribution >= 0.6 is 11.8 Å². The van der Waals surface area contributed by atoms with Crippen molar-refractivity contribution in [2.75, 3.05) is 17.7 Å². The molecule has 0 radical (unpaired) electrons. The van der Waals surface area contributed by atoms with Gasteiger partial charge in [0.05, 0.1) is 11.4 Å². The largest absolute Gasteiger partial charge is 0.398 e. The topological polar surface area (TPSA) is 61.4 Å². The van der Waals surface area contributed by atoms with Crippen LogP contribution in [0.15, 0.2) is 29.2 Å². The molecule has 1 aromatic carbocycles. The van der Waals surface area contributed by atoms with E-state index >= 15 is 0 Å². The minimum atomic E-state index is -4.27. The molecule has 1 aliphatic carbocycles. The van der Waals surface area contributed by atoms with Crippen LogP contribution in [0.25, 0.3) is 0 Å². The lowest BCUT2D eigenvalue weighted by Crippen LogP contribution is -2.40. The van der Waals surface area contributed by atoms with Crippen molar-refractivity contribution in [3.63, 3.8) is 0 Å². The fraction of sp³-hybridized carbons (Fsp3) is 0.533. The lowest BCUT2D eigenvalue weighted by Gasteiger charge is -2.18. The molecule has 0 heterocycles. The molecular weight excluding hydrogens is 329 g/mol. The fourth-order valence-corrected chi connectivity index (χ4v) is 3.01. The summed E-state index contributed by atoms with van der Waals surface area (Å²) in [6.07, 6.45) is -1.76. The molecule has 0 aliphatic heterocycles. The minimum Gasteiger partial charge on any atom is -0.396 e. The molecule has 1 aliphatic rings. The summed E-state index contributed by atoms with van der Waals surface area (Å²) >= 11 is 0.636. The Morgan fingerprint density at radius 2 is 2.04 bits per heavy atom. The number of hydrogen-bond donors (Lipinski definition) is 3. The summed E-state index contributed by atoms with van der Waals surface area (Å²) in [4.78, 5) is 12.4. The van der Waals surface area contributed by atoms with E-state index in [-0.39, 0.29) is 12.6 Å². The molecule has 0 unspecified atom stereocenters. The molecule has 2 amide bonds. The van der Waals surface area contributed by atoms with Crippen molar-refractivity contribution in [2.24, 2.45) is 5.92 Å². The fourth-order valence-electron chi connectivity index (χ4n) is 2.25. The van der Waals surface area contributed by atoms with Crippen LogP contribution < -0.4 is 10.6 Å². The van der Waals surface area contributed by atoms with Gasteiger partial charge in [-0.05, 0) is 37.3 Å². The molecule has 4 nitrogen and oxygen atoms in total. The zero-order valence-electron chi connectivity index (χ0n) is 12.4. The Hall–Kier alpha value is -1.41. The van der Waals surface area contributed by atoms with Gasteiger partial charge in [-0.15, -0.1) is 11.8 Å². The number of para-hydroxylation sites is 1. The predicted molar refractivity (Wildman–Crippen MR) is 83.6 cm³/mol. The lowest BCUT2D eigenvalue weighted by atomic mass is 10.1. The van der Waals surface area contributed by atoms with Crippen LogP contribution in [0.3, 0.4) is 0 Å². The average molecular weight is 348 g/mol. The molecule has 0 aromatic heterocycles. The Bertz CT molecular complexity index is 536. The van der Waals surface area contributed by atoms with Crippen molar-refractivity contribution in [3.05, 3.63) is 24.3 Å². The van der Waals surface area contributed by atoms with E-state index in [1.54, 1.807) is 18.2 Å². The molecule has 0 bridgehead atoms. The second-order valence-electron chi connectivity index (χ2n) is 5.45. The van der Waals surface area contributed by atoms with E-state index in [2.05, 4.69) is 10.6 Å². The van der Waals surface area contributed by atoms with Crippen molar-refractivity contribution in [1.82, 2.24) is 5.32 Å². The molecule has 0 spiro atoms. The molecule has 0 saturated heterocycles. The first-order valence-corrected chi connectivity index (χ1v) is 8.34. The number of amides is 2. The zero-order valence-corrected chi connectivity index (χ0v) is 13.2. The number of aliphatic hydroxyl groups excluding tert-OH is 1. The molecule has 1 fully saturated rings. The standard InChI is InChI=1S/C15H19F3N2O2S/c16-15(17,18)9-23-13-4-2-1-3-12(13)20-14(22)19-11(7-8-21)10-5-6-10/h1-4,10-11,21H,5-9H2,(H2,19,20,22)/t11-/m0/s1. The maximum atomic E-state index is 12.3. The molecule has 1 atom stereocenters. The van der Waals surface area contributed by atoms with Gasteiger partial charge in [0.15, 0.2) is 0 Å². The predicted octanol–water partition coefficient (Wildman–Crippen LogP) is 3.62. The number of hydrogen-bond acceptors (Lipinski definition) is 3. The number of benzene rings is 1. The van der Waals surface area contributed by atoms with E-state index in [1.807, 2.05) is 0 Å². The SMILES string of the molecule is O=C(Nc1ccccc1SCC(F)(F)F)N[C@@H](CCO)C1CC1. The van der Waals surface area contributed by atoms with E-state index < -0.39 is 18.0 Å². The highest BCUT2D eigenvalue weighted by atomic mass is 32.2. The molecule has 128 valence electrons. The van der Waals surface area contributed by atoms with Crippen LogP contribution in [0, 0.1) is 5.92 Å². The van der Waals surface area contributed by atoms with Crippen LogP contribution in [0.1, 0.15) is 19.3 Å². The first-order chi connectivity index (χ1) is 10.9. The van der Waals surface area contributed by atoms with Crippen LogP contribution in [0.5, 0.6) is 0 Å². The summed E-state index contributed by atoms with van der Waals surface area (Å²) in [5.74, 6) is -0.634. The second-order valence-corrected chi connectivity index (χ2v) is 6.47. The van der Waals surface area contributed by atoms with Crippen LogP contribution in [0.4, 0.5) is 23.7 Å². The quantitative estimate of drug-likeness (QED) is 0.660. The Labute approximate surface area is 136 Å². The van der Waals surface area contributed by atoms with Gasteiger partial charge in [0.2, 0.25) is 0 Å². The number of halogens is 3. The van der Waals surface area contributed by atoms with Crippen molar-refractivity contribution >= 4 is 23.5 Å².